The van der Waals surface area contributed by atoms with Crippen LogP contribution in [0.2, 0.25) is 0 Å². The summed E-state index contributed by atoms with van der Waals surface area (Å²) in [4.78, 5) is 31.0. The zero-order valence-corrected chi connectivity index (χ0v) is 18.0. The highest BCUT2D eigenvalue weighted by Crippen LogP contribution is 2.48. The number of methoxy groups -OCH3 is 2. The van der Waals surface area contributed by atoms with Crippen molar-refractivity contribution in [3.63, 3.8) is 0 Å². The van der Waals surface area contributed by atoms with Gasteiger partial charge in [0.25, 0.3) is 5.91 Å². The predicted octanol–water partition coefficient (Wildman–Crippen LogP) is 3.41. The Morgan fingerprint density at radius 1 is 1.07 bits per heavy atom. The van der Waals surface area contributed by atoms with Crippen LogP contribution < -0.4 is 9.47 Å². The lowest BCUT2D eigenvalue weighted by molar-refractivity contribution is -0.134. The minimum Gasteiger partial charge on any atom is -0.493 e. The number of hydrogen-bond acceptors (Lipinski definition) is 4. The molecule has 2 aliphatic heterocycles. The van der Waals surface area contributed by atoms with Crippen LogP contribution in [0.1, 0.15) is 52.9 Å². The third kappa shape index (κ3) is 3.02. The Morgan fingerprint density at radius 2 is 1.73 bits per heavy atom. The molecule has 0 fully saturated rings. The molecule has 4 rings (SSSR count). The van der Waals surface area contributed by atoms with Gasteiger partial charge in [0.2, 0.25) is 5.91 Å². The first-order valence-corrected chi connectivity index (χ1v) is 10.5. The number of amides is 2. The van der Waals surface area contributed by atoms with E-state index in [0.29, 0.717) is 42.3 Å². The summed E-state index contributed by atoms with van der Waals surface area (Å²) < 4.78 is 10.9. The number of fused-ring (bicyclic) bond motifs is 4. The maximum atomic E-state index is 13.8. The highest BCUT2D eigenvalue weighted by molar-refractivity contribution is 6.02. The number of benzene rings is 2. The van der Waals surface area contributed by atoms with Crippen molar-refractivity contribution in [3.8, 4) is 11.5 Å². The van der Waals surface area contributed by atoms with Gasteiger partial charge in [0.05, 0.1) is 26.2 Å². The summed E-state index contributed by atoms with van der Waals surface area (Å²) in [6.07, 6.45) is 0.785. The van der Waals surface area contributed by atoms with E-state index in [4.69, 9.17) is 9.47 Å². The Labute approximate surface area is 177 Å². The second-order valence-corrected chi connectivity index (χ2v) is 7.67. The van der Waals surface area contributed by atoms with E-state index in [9.17, 15) is 9.59 Å². The predicted molar refractivity (Wildman–Crippen MR) is 114 cm³/mol. The van der Waals surface area contributed by atoms with Crippen LogP contribution in [0.15, 0.2) is 36.4 Å². The molecule has 0 radical (unpaired) electrons. The first kappa shape index (κ1) is 20.3. The molecular weight excluding hydrogens is 380 g/mol. The number of likely N-dealkylation sites (N-methyl/N-ethyl adjacent to an activating group) is 1. The van der Waals surface area contributed by atoms with Crippen molar-refractivity contribution in [1.82, 2.24) is 9.80 Å². The molecule has 0 N–H and O–H groups in total. The maximum Gasteiger partial charge on any atom is 0.254 e. The monoisotopic (exact) mass is 408 g/mol. The summed E-state index contributed by atoms with van der Waals surface area (Å²) in [5.74, 6) is 0.508. The molecule has 0 saturated carbocycles. The van der Waals surface area contributed by atoms with Crippen LogP contribution in [0.5, 0.6) is 11.5 Å². The lowest BCUT2D eigenvalue weighted by atomic mass is 9.75. The van der Waals surface area contributed by atoms with Gasteiger partial charge in [-0.3, -0.25) is 9.59 Å². The van der Waals surface area contributed by atoms with Gasteiger partial charge in [-0.1, -0.05) is 24.3 Å². The fourth-order valence-electron chi connectivity index (χ4n) is 4.85. The maximum absolute atomic E-state index is 13.8. The second kappa shape index (κ2) is 8.01. The third-order valence-corrected chi connectivity index (χ3v) is 6.37. The molecule has 2 atom stereocenters. The van der Waals surface area contributed by atoms with E-state index in [0.717, 1.165) is 12.0 Å². The molecule has 158 valence electrons. The fourth-order valence-corrected chi connectivity index (χ4v) is 4.85. The topological polar surface area (TPSA) is 59.1 Å². The highest BCUT2D eigenvalue weighted by Gasteiger charge is 2.47. The average molecular weight is 408 g/mol. The molecule has 0 aliphatic carbocycles. The van der Waals surface area contributed by atoms with Crippen molar-refractivity contribution in [3.05, 3.63) is 58.7 Å². The standard InChI is InChI=1S/C24H28N2O4/c1-5-25(6-2)24(28)21-17-13-19(29-3)20(30-4)14-18(17)23(27)26-12-11-15-9-7-8-10-16(15)22(21)26/h7-10,13-14,21-22H,5-6,11-12H2,1-4H3/t21-,22-/m0/s1. The van der Waals surface area contributed by atoms with E-state index >= 15 is 0 Å². The van der Waals surface area contributed by atoms with Crippen LogP contribution in [-0.4, -0.2) is 55.5 Å². The van der Waals surface area contributed by atoms with E-state index in [1.807, 2.05) is 47.9 Å². The van der Waals surface area contributed by atoms with Gasteiger partial charge in [0, 0.05) is 25.2 Å². The minimum absolute atomic E-state index is 0.0349. The van der Waals surface area contributed by atoms with E-state index in [1.54, 1.807) is 20.3 Å². The largest absolute Gasteiger partial charge is 0.493 e. The van der Waals surface area contributed by atoms with Gasteiger partial charge in [-0.15, -0.1) is 0 Å². The zero-order valence-electron chi connectivity index (χ0n) is 18.0. The molecule has 6 nitrogen and oxygen atoms in total. The van der Waals surface area contributed by atoms with Crippen LogP contribution >= 0.6 is 0 Å². The zero-order chi connectivity index (χ0) is 21.4. The fraction of sp³-hybridized carbons (Fsp3) is 0.417. The molecule has 0 aromatic heterocycles. The molecule has 0 unspecified atom stereocenters. The van der Waals surface area contributed by atoms with Gasteiger partial charge in [0.1, 0.15) is 0 Å². The van der Waals surface area contributed by atoms with Crippen molar-refractivity contribution in [2.24, 2.45) is 0 Å². The van der Waals surface area contributed by atoms with E-state index < -0.39 is 5.92 Å². The molecule has 2 aliphatic rings. The Bertz CT molecular complexity index is 983. The first-order chi connectivity index (χ1) is 14.5. The van der Waals surface area contributed by atoms with E-state index in [-0.39, 0.29) is 17.9 Å². The van der Waals surface area contributed by atoms with Crippen LogP contribution in [0.4, 0.5) is 0 Å². The summed E-state index contributed by atoms with van der Waals surface area (Å²) in [6.45, 7) is 5.80. The Kier molecular flexibility index (Phi) is 5.41. The second-order valence-electron chi connectivity index (χ2n) is 7.67. The molecule has 30 heavy (non-hydrogen) atoms. The first-order valence-electron chi connectivity index (χ1n) is 10.5. The van der Waals surface area contributed by atoms with Crippen molar-refractivity contribution in [1.29, 1.82) is 0 Å². The van der Waals surface area contributed by atoms with Gasteiger partial charge >= 0.3 is 0 Å². The lowest BCUT2D eigenvalue weighted by Gasteiger charge is -2.46. The highest BCUT2D eigenvalue weighted by atomic mass is 16.5. The normalized spacial score (nSPS) is 19.5. The summed E-state index contributed by atoms with van der Waals surface area (Å²) in [7, 11) is 3.12. The number of hydrogen-bond donors (Lipinski definition) is 0. The number of ether oxygens (including phenoxy) is 2. The Hall–Kier alpha value is -3.02. The summed E-state index contributed by atoms with van der Waals surface area (Å²) in [5, 5.41) is 0. The molecular formula is C24H28N2O4. The molecule has 2 aromatic carbocycles. The number of nitrogens with zero attached hydrogens (tertiary/aromatic N) is 2. The van der Waals surface area contributed by atoms with E-state index in [1.165, 1.54) is 5.56 Å². The van der Waals surface area contributed by atoms with Gasteiger partial charge < -0.3 is 19.3 Å². The van der Waals surface area contributed by atoms with Gasteiger partial charge in [-0.05, 0) is 49.1 Å². The molecule has 0 bridgehead atoms. The van der Waals surface area contributed by atoms with Crippen molar-refractivity contribution in [2.75, 3.05) is 33.9 Å². The molecule has 0 saturated heterocycles. The SMILES string of the molecule is CCN(CC)C(=O)[C@H]1c2cc(OC)c(OC)cc2C(=O)N2CCc3ccccc3[C@@H]12. The molecule has 2 aromatic rings. The van der Waals surface area contributed by atoms with Crippen LogP contribution in [0, 0.1) is 0 Å². The van der Waals surface area contributed by atoms with Gasteiger partial charge in [-0.2, -0.15) is 0 Å². The Morgan fingerprint density at radius 3 is 2.40 bits per heavy atom. The van der Waals surface area contributed by atoms with Crippen molar-refractivity contribution >= 4 is 11.8 Å². The van der Waals surface area contributed by atoms with Crippen LogP contribution in [0.3, 0.4) is 0 Å². The quantitative estimate of drug-likeness (QED) is 0.761. The van der Waals surface area contributed by atoms with Crippen molar-refractivity contribution < 1.29 is 19.1 Å². The van der Waals surface area contributed by atoms with Crippen LogP contribution in [0.25, 0.3) is 0 Å². The lowest BCUT2D eigenvalue weighted by Crippen LogP contribution is -2.50. The summed E-state index contributed by atoms with van der Waals surface area (Å²) >= 11 is 0. The Balaban J connectivity index is 1.96. The summed E-state index contributed by atoms with van der Waals surface area (Å²) in [6, 6.07) is 11.4. The van der Waals surface area contributed by atoms with Crippen molar-refractivity contribution in [2.45, 2.75) is 32.2 Å². The third-order valence-electron chi connectivity index (χ3n) is 6.37. The van der Waals surface area contributed by atoms with Gasteiger partial charge in [0.15, 0.2) is 11.5 Å². The average Bonchev–Trinajstić information content (AvgIpc) is 2.79. The number of rotatable bonds is 5. The minimum atomic E-state index is -0.487. The molecule has 0 spiro atoms. The number of carbonyl (C=O) groups is 2. The molecule has 2 amide bonds. The van der Waals surface area contributed by atoms with Crippen LogP contribution in [-0.2, 0) is 11.2 Å². The van der Waals surface area contributed by atoms with E-state index in [2.05, 4.69) is 6.07 Å². The summed E-state index contributed by atoms with van der Waals surface area (Å²) in [5.41, 5.74) is 3.50. The smallest absolute Gasteiger partial charge is 0.254 e. The molecule has 2 heterocycles. The number of carbonyl (C=O) groups excluding carboxylic acids is 2. The van der Waals surface area contributed by atoms with Gasteiger partial charge in [-0.25, -0.2) is 0 Å². The molecule has 6 heteroatoms.